The molecule has 0 radical (unpaired) electrons. The third-order valence-corrected chi connectivity index (χ3v) is 3.70. The zero-order chi connectivity index (χ0) is 13.7. The Morgan fingerprint density at radius 2 is 2.32 bits per heavy atom. The van der Waals surface area contributed by atoms with Crippen LogP contribution in [-0.4, -0.2) is 19.6 Å². The lowest BCUT2D eigenvalue weighted by atomic mass is 10.1. The number of hydrogen-bond donors (Lipinski definition) is 1. The number of hydrogen-bond acceptors (Lipinski definition) is 3. The van der Waals surface area contributed by atoms with Gasteiger partial charge >= 0.3 is 0 Å². The summed E-state index contributed by atoms with van der Waals surface area (Å²) in [5, 5.41) is 12.7. The molecule has 1 fully saturated rings. The quantitative estimate of drug-likeness (QED) is 0.824. The van der Waals surface area contributed by atoms with Crippen molar-refractivity contribution in [1.29, 1.82) is 5.26 Å². The molecule has 19 heavy (non-hydrogen) atoms. The van der Waals surface area contributed by atoms with Gasteiger partial charge in [-0.2, -0.15) is 5.26 Å². The van der Waals surface area contributed by atoms with E-state index in [1.165, 1.54) is 12.0 Å². The van der Waals surface area contributed by atoms with Crippen LogP contribution in [0.5, 0.6) is 0 Å². The fourth-order valence-corrected chi connectivity index (χ4v) is 2.62. The molecule has 1 atom stereocenters. The topological polar surface area (TPSA) is 39.1 Å². The molecule has 3 nitrogen and oxygen atoms in total. The number of nitrogens with one attached hydrogen (secondary N) is 1. The Labute approximate surface area is 116 Å². The van der Waals surface area contributed by atoms with Crippen LogP contribution in [-0.2, 0) is 6.54 Å². The Morgan fingerprint density at radius 3 is 2.95 bits per heavy atom. The minimum atomic E-state index is 0.734. The lowest BCUT2D eigenvalue weighted by molar-refractivity contribution is 0.659. The van der Waals surface area contributed by atoms with E-state index in [-0.39, 0.29) is 0 Å². The van der Waals surface area contributed by atoms with Gasteiger partial charge in [0.25, 0.3) is 0 Å². The Bertz CT molecular complexity index is 462. The molecule has 0 amide bonds. The van der Waals surface area contributed by atoms with Gasteiger partial charge in [0, 0.05) is 19.6 Å². The van der Waals surface area contributed by atoms with Crippen LogP contribution in [0.2, 0.25) is 0 Å². The standard InChI is InChI=1S/C16H23N3/c1-3-7-18-11-14-4-5-16(15(9-14)10-17)19-8-6-13(2)12-19/h4-5,9,13,18H,3,6-8,11-12H2,1-2H3. The van der Waals surface area contributed by atoms with Gasteiger partial charge in [-0.3, -0.25) is 0 Å². The summed E-state index contributed by atoms with van der Waals surface area (Å²) < 4.78 is 0. The zero-order valence-corrected chi connectivity index (χ0v) is 11.9. The van der Waals surface area contributed by atoms with E-state index in [9.17, 15) is 5.26 Å². The monoisotopic (exact) mass is 257 g/mol. The van der Waals surface area contributed by atoms with Gasteiger partial charge < -0.3 is 10.2 Å². The highest BCUT2D eigenvalue weighted by Crippen LogP contribution is 2.27. The molecule has 1 aromatic rings. The van der Waals surface area contributed by atoms with E-state index in [0.29, 0.717) is 0 Å². The van der Waals surface area contributed by atoms with Gasteiger partial charge in [0.05, 0.1) is 11.3 Å². The van der Waals surface area contributed by atoms with E-state index in [1.807, 2.05) is 6.07 Å². The number of benzene rings is 1. The SMILES string of the molecule is CCCNCc1ccc(N2CCC(C)C2)c(C#N)c1. The highest BCUT2D eigenvalue weighted by atomic mass is 15.1. The van der Waals surface area contributed by atoms with Crippen LogP contribution in [0.3, 0.4) is 0 Å². The summed E-state index contributed by atoms with van der Waals surface area (Å²) in [5.41, 5.74) is 3.11. The molecule has 1 aliphatic rings. The van der Waals surface area contributed by atoms with Crippen molar-refractivity contribution in [3.05, 3.63) is 29.3 Å². The molecule has 1 heterocycles. The number of anilines is 1. The van der Waals surface area contributed by atoms with E-state index in [1.54, 1.807) is 0 Å². The van der Waals surface area contributed by atoms with Crippen LogP contribution >= 0.6 is 0 Å². The molecule has 0 spiro atoms. The van der Waals surface area contributed by atoms with Gasteiger partial charge in [-0.25, -0.2) is 0 Å². The maximum absolute atomic E-state index is 9.34. The van der Waals surface area contributed by atoms with Gasteiger partial charge in [0.1, 0.15) is 6.07 Å². The molecule has 102 valence electrons. The lowest BCUT2D eigenvalue weighted by Gasteiger charge is -2.20. The zero-order valence-electron chi connectivity index (χ0n) is 11.9. The maximum Gasteiger partial charge on any atom is 0.101 e. The third kappa shape index (κ3) is 3.48. The first kappa shape index (κ1) is 13.9. The van der Waals surface area contributed by atoms with Gasteiger partial charge in [-0.05, 0) is 43.0 Å². The second kappa shape index (κ2) is 6.58. The first-order valence-corrected chi connectivity index (χ1v) is 7.23. The highest BCUT2D eigenvalue weighted by Gasteiger charge is 2.21. The van der Waals surface area contributed by atoms with Crippen LogP contribution in [0.25, 0.3) is 0 Å². The molecule has 0 saturated carbocycles. The minimum absolute atomic E-state index is 0.734. The number of rotatable bonds is 5. The predicted octanol–water partition coefficient (Wildman–Crippen LogP) is 2.90. The Balaban J connectivity index is 2.10. The smallest absolute Gasteiger partial charge is 0.101 e. The molecule has 1 aromatic carbocycles. The maximum atomic E-state index is 9.34. The molecule has 1 saturated heterocycles. The fourth-order valence-electron chi connectivity index (χ4n) is 2.62. The van der Waals surface area contributed by atoms with Gasteiger partial charge in [0.2, 0.25) is 0 Å². The predicted molar refractivity (Wildman–Crippen MR) is 79.1 cm³/mol. The summed E-state index contributed by atoms with van der Waals surface area (Å²) in [4.78, 5) is 2.34. The lowest BCUT2D eigenvalue weighted by Crippen LogP contribution is -2.20. The van der Waals surface area contributed by atoms with Crippen molar-refractivity contribution < 1.29 is 0 Å². The largest absolute Gasteiger partial charge is 0.370 e. The molecule has 1 aliphatic heterocycles. The van der Waals surface area contributed by atoms with E-state index in [0.717, 1.165) is 49.8 Å². The molecule has 0 aromatic heterocycles. The average molecular weight is 257 g/mol. The number of nitrogens with zero attached hydrogens (tertiary/aromatic N) is 2. The van der Waals surface area contributed by atoms with E-state index in [2.05, 4.69) is 42.3 Å². The number of nitriles is 1. The summed E-state index contributed by atoms with van der Waals surface area (Å²) in [6, 6.07) is 8.63. The van der Waals surface area contributed by atoms with Crippen molar-refractivity contribution in [2.75, 3.05) is 24.5 Å². The van der Waals surface area contributed by atoms with E-state index in [4.69, 9.17) is 0 Å². The van der Waals surface area contributed by atoms with Crippen molar-refractivity contribution in [3.63, 3.8) is 0 Å². The second-order valence-corrected chi connectivity index (χ2v) is 5.48. The van der Waals surface area contributed by atoms with Crippen LogP contribution in [0.4, 0.5) is 5.69 Å². The molecule has 2 rings (SSSR count). The van der Waals surface area contributed by atoms with Crippen LogP contribution < -0.4 is 10.2 Å². The summed E-state index contributed by atoms with van der Waals surface area (Å²) in [6.07, 6.45) is 2.36. The normalized spacial score (nSPS) is 18.6. The Hall–Kier alpha value is -1.53. The summed E-state index contributed by atoms with van der Waals surface area (Å²) >= 11 is 0. The van der Waals surface area contributed by atoms with Gasteiger partial charge in [-0.1, -0.05) is 19.9 Å². The summed E-state index contributed by atoms with van der Waals surface area (Å²) in [5.74, 6) is 0.734. The van der Waals surface area contributed by atoms with Crippen LogP contribution in [0.1, 0.15) is 37.8 Å². The van der Waals surface area contributed by atoms with Crippen molar-refractivity contribution >= 4 is 5.69 Å². The van der Waals surface area contributed by atoms with Crippen LogP contribution in [0, 0.1) is 17.2 Å². The molecule has 0 bridgehead atoms. The first-order valence-electron chi connectivity index (χ1n) is 7.23. The fraction of sp³-hybridized carbons (Fsp3) is 0.562. The Kier molecular flexibility index (Phi) is 4.81. The molecule has 0 aliphatic carbocycles. The molecular weight excluding hydrogens is 234 g/mol. The van der Waals surface area contributed by atoms with Crippen molar-refractivity contribution in [1.82, 2.24) is 5.32 Å². The first-order chi connectivity index (χ1) is 9.24. The average Bonchev–Trinajstić information content (AvgIpc) is 2.85. The molecule has 3 heteroatoms. The molecule has 1 unspecified atom stereocenters. The van der Waals surface area contributed by atoms with E-state index < -0.39 is 0 Å². The molecule has 1 N–H and O–H groups in total. The van der Waals surface area contributed by atoms with Gasteiger partial charge in [-0.15, -0.1) is 0 Å². The summed E-state index contributed by atoms with van der Waals surface area (Å²) in [7, 11) is 0. The van der Waals surface area contributed by atoms with E-state index >= 15 is 0 Å². The molecular formula is C16H23N3. The van der Waals surface area contributed by atoms with Crippen molar-refractivity contribution in [3.8, 4) is 6.07 Å². The van der Waals surface area contributed by atoms with Crippen molar-refractivity contribution in [2.24, 2.45) is 5.92 Å². The van der Waals surface area contributed by atoms with Crippen molar-refractivity contribution in [2.45, 2.75) is 33.2 Å². The third-order valence-electron chi connectivity index (χ3n) is 3.70. The second-order valence-electron chi connectivity index (χ2n) is 5.48. The Morgan fingerprint density at radius 1 is 1.47 bits per heavy atom. The minimum Gasteiger partial charge on any atom is -0.370 e. The summed E-state index contributed by atoms with van der Waals surface area (Å²) in [6.45, 7) is 8.44. The van der Waals surface area contributed by atoms with Crippen LogP contribution in [0.15, 0.2) is 18.2 Å². The highest BCUT2D eigenvalue weighted by molar-refractivity contribution is 5.61. The van der Waals surface area contributed by atoms with Gasteiger partial charge in [0.15, 0.2) is 0 Å².